The van der Waals surface area contributed by atoms with Crippen molar-refractivity contribution in [3.05, 3.63) is 64.5 Å². The lowest BCUT2D eigenvalue weighted by Gasteiger charge is -2.01. The summed E-state index contributed by atoms with van der Waals surface area (Å²) >= 11 is 1.40. The van der Waals surface area contributed by atoms with E-state index in [-0.39, 0.29) is 5.78 Å². The molecule has 2 aromatic rings. The number of carbonyl (C=O) groups is 1. The van der Waals surface area contributed by atoms with E-state index in [4.69, 9.17) is 5.26 Å². The monoisotopic (exact) mass is 254 g/mol. The van der Waals surface area contributed by atoms with Gasteiger partial charge in [0.05, 0.1) is 16.1 Å². The van der Waals surface area contributed by atoms with Gasteiger partial charge in [-0.15, -0.1) is 11.3 Å². The third kappa shape index (κ3) is 2.84. The zero-order valence-electron chi connectivity index (χ0n) is 9.46. The van der Waals surface area contributed by atoms with Gasteiger partial charge in [-0.1, -0.05) is 18.2 Å². The second kappa shape index (κ2) is 5.80. The van der Waals surface area contributed by atoms with Crippen molar-refractivity contribution >= 4 is 22.8 Å². The molecule has 4 heteroatoms. The minimum Gasteiger partial charge on any atom is -0.360 e. The molecular weight excluding hydrogens is 244 g/mol. The van der Waals surface area contributed by atoms with Gasteiger partial charge in [0.1, 0.15) is 6.07 Å². The fourth-order valence-corrected chi connectivity index (χ4v) is 2.06. The van der Waals surface area contributed by atoms with Gasteiger partial charge in [-0.2, -0.15) is 5.26 Å². The molecule has 1 heterocycles. The number of benzene rings is 1. The quantitative estimate of drug-likeness (QED) is 0.671. The van der Waals surface area contributed by atoms with Crippen LogP contribution in [0.3, 0.4) is 0 Å². The molecule has 18 heavy (non-hydrogen) atoms. The maximum Gasteiger partial charge on any atom is 0.197 e. The molecule has 0 unspecified atom stereocenters. The fourth-order valence-electron chi connectivity index (χ4n) is 1.41. The van der Waals surface area contributed by atoms with Crippen LogP contribution in [0.2, 0.25) is 0 Å². The first-order chi connectivity index (χ1) is 8.81. The minimum atomic E-state index is -0.0491. The van der Waals surface area contributed by atoms with E-state index in [0.717, 1.165) is 0 Å². The molecule has 2 rings (SSSR count). The number of carbonyl (C=O) groups excluding carboxylic acids is 1. The highest BCUT2D eigenvalue weighted by Gasteiger charge is 2.01. The van der Waals surface area contributed by atoms with Crippen LogP contribution in [0.1, 0.15) is 15.2 Å². The van der Waals surface area contributed by atoms with Crippen LogP contribution >= 0.6 is 11.3 Å². The van der Waals surface area contributed by atoms with Crippen molar-refractivity contribution in [3.8, 4) is 6.07 Å². The number of para-hydroxylation sites is 1. The summed E-state index contributed by atoms with van der Waals surface area (Å²) in [5, 5.41) is 13.7. The number of rotatable bonds is 4. The smallest absolute Gasteiger partial charge is 0.197 e. The number of hydrogen-bond donors (Lipinski definition) is 1. The first kappa shape index (κ1) is 12.1. The Morgan fingerprint density at radius 2 is 2.11 bits per heavy atom. The molecule has 88 valence electrons. The van der Waals surface area contributed by atoms with Gasteiger partial charge in [-0.25, -0.2) is 0 Å². The zero-order valence-corrected chi connectivity index (χ0v) is 10.3. The van der Waals surface area contributed by atoms with Crippen molar-refractivity contribution in [2.24, 2.45) is 0 Å². The summed E-state index contributed by atoms with van der Waals surface area (Å²) in [6.07, 6.45) is 3.01. The Balaban J connectivity index is 2.04. The van der Waals surface area contributed by atoms with Crippen LogP contribution in [-0.2, 0) is 0 Å². The number of anilines is 1. The molecule has 0 aliphatic carbocycles. The molecule has 3 nitrogen and oxygen atoms in total. The predicted octanol–water partition coefficient (Wildman–Crippen LogP) is 3.43. The van der Waals surface area contributed by atoms with E-state index in [9.17, 15) is 4.79 Å². The first-order valence-electron chi connectivity index (χ1n) is 5.31. The predicted molar refractivity (Wildman–Crippen MR) is 72.6 cm³/mol. The molecule has 1 N–H and O–H groups in total. The maximum absolute atomic E-state index is 11.7. The van der Waals surface area contributed by atoms with E-state index in [0.29, 0.717) is 16.1 Å². The van der Waals surface area contributed by atoms with Crippen molar-refractivity contribution < 1.29 is 4.79 Å². The summed E-state index contributed by atoms with van der Waals surface area (Å²) in [6, 6.07) is 12.8. The van der Waals surface area contributed by atoms with Crippen molar-refractivity contribution in [1.29, 1.82) is 5.26 Å². The van der Waals surface area contributed by atoms with Crippen LogP contribution in [0.4, 0.5) is 5.69 Å². The maximum atomic E-state index is 11.7. The topological polar surface area (TPSA) is 52.9 Å². The lowest BCUT2D eigenvalue weighted by molar-refractivity contribution is 0.105. The van der Waals surface area contributed by atoms with Crippen LogP contribution in [0.25, 0.3) is 0 Å². The minimum absolute atomic E-state index is 0.0491. The highest BCUT2D eigenvalue weighted by molar-refractivity contribution is 7.12. The molecule has 0 atom stereocenters. The summed E-state index contributed by atoms with van der Waals surface area (Å²) in [7, 11) is 0. The lowest BCUT2D eigenvalue weighted by atomic mass is 10.2. The number of nitrogens with one attached hydrogen (secondary N) is 1. The molecular formula is C14H10N2OS. The van der Waals surface area contributed by atoms with Gasteiger partial charge in [0.15, 0.2) is 5.78 Å². The molecule has 1 aromatic heterocycles. The number of allylic oxidation sites excluding steroid dienone is 1. The highest BCUT2D eigenvalue weighted by Crippen LogP contribution is 2.14. The van der Waals surface area contributed by atoms with Crippen LogP contribution in [0.5, 0.6) is 0 Å². The molecule has 0 fully saturated rings. The van der Waals surface area contributed by atoms with Crippen molar-refractivity contribution in [2.45, 2.75) is 0 Å². The summed E-state index contributed by atoms with van der Waals surface area (Å²) in [5.74, 6) is -0.0491. The van der Waals surface area contributed by atoms with Crippen molar-refractivity contribution in [3.63, 3.8) is 0 Å². The summed E-state index contributed by atoms with van der Waals surface area (Å²) in [4.78, 5) is 12.4. The Morgan fingerprint density at radius 1 is 1.28 bits per heavy atom. The van der Waals surface area contributed by atoms with Gasteiger partial charge < -0.3 is 5.32 Å². The highest BCUT2D eigenvalue weighted by atomic mass is 32.1. The second-order valence-corrected chi connectivity index (χ2v) is 4.42. The Hall–Kier alpha value is -2.38. The number of nitriles is 1. The molecule has 0 saturated heterocycles. The third-order valence-corrected chi connectivity index (χ3v) is 3.17. The molecule has 0 bridgehead atoms. The van der Waals surface area contributed by atoms with Gasteiger partial charge in [-0.3, -0.25) is 4.79 Å². The van der Waals surface area contributed by atoms with Crippen LogP contribution in [0, 0.1) is 11.3 Å². The summed E-state index contributed by atoms with van der Waals surface area (Å²) in [5.41, 5.74) is 1.24. The van der Waals surface area contributed by atoms with E-state index in [1.807, 2.05) is 17.5 Å². The molecule has 0 radical (unpaired) electrons. The second-order valence-electron chi connectivity index (χ2n) is 3.48. The van der Waals surface area contributed by atoms with Crippen LogP contribution in [-0.4, -0.2) is 5.78 Å². The lowest BCUT2D eigenvalue weighted by Crippen LogP contribution is -1.95. The Morgan fingerprint density at radius 3 is 2.83 bits per heavy atom. The van der Waals surface area contributed by atoms with Gasteiger partial charge >= 0.3 is 0 Å². The first-order valence-corrected chi connectivity index (χ1v) is 6.19. The molecule has 0 spiro atoms. The van der Waals surface area contributed by atoms with E-state index < -0.39 is 0 Å². The summed E-state index contributed by atoms with van der Waals surface area (Å²) < 4.78 is 0. The van der Waals surface area contributed by atoms with Gasteiger partial charge in [0.25, 0.3) is 0 Å². The largest absolute Gasteiger partial charge is 0.360 e. The zero-order chi connectivity index (χ0) is 12.8. The third-order valence-electron chi connectivity index (χ3n) is 2.29. The number of hydrogen-bond acceptors (Lipinski definition) is 4. The van der Waals surface area contributed by atoms with Crippen molar-refractivity contribution in [1.82, 2.24) is 0 Å². The Bertz CT molecular complexity index is 609. The molecule has 0 aliphatic rings. The standard InChI is InChI=1S/C14H10N2OS/c15-10-11-4-1-2-5-12(11)16-8-7-13(17)14-6-3-9-18-14/h1-9,16H/b8-7+. The molecule has 0 aliphatic heterocycles. The SMILES string of the molecule is N#Cc1ccccc1N/C=C/C(=O)c1cccs1. The van der Waals surface area contributed by atoms with E-state index in [1.54, 1.807) is 30.5 Å². The number of nitrogens with zero attached hydrogens (tertiary/aromatic N) is 1. The average molecular weight is 254 g/mol. The van der Waals surface area contributed by atoms with Crippen LogP contribution in [0.15, 0.2) is 54.1 Å². The number of thiophene rings is 1. The van der Waals surface area contributed by atoms with Crippen LogP contribution < -0.4 is 5.32 Å². The average Bonchev–Trinajstić information content (AvgIpc) is 2.93. The normalized spacial score (nSPS) is 10.2. The number of ketones is 1. The molecule has 1 aromatic carbocycles. The molecule has 0 amide bonds. The van der Waals surface area contributed by atoms with Gasteiger partial charge in [0, 0.05) is 12.3 Å². The van der Waals surface area contributed by atoms with E-state index in [2.05, 4.69) is 11.4 Å². The summed E-state index contributed by atoms with van der Waals surface area (Å²) in [6.45, 7) is 0. The van der Waals surface area contributed by atoms with Gasteiger partial charge in [-0.05, 0) is 23.6 Å². The fraction of sp³-hybridized carbons (Fsp3) is 0. The van der Waals surface area contributed by atoms with Crippen molar-refractivity contribution in [2.75, 3.05) is 5.32 Å². The van der Waals surface area contributed by atoms with E-state index in [1.165, 1.54) is 17.4 Å². The Labute approximate surface area is 109 Å². The Kier molecular flexibility index (Phi) is 3.90. The van der Waals surface area contributed by atoms with E-state index >= 15 is 0 Å². The van der Waals surface area contributed by atoms with Gasteiger partial charge in [0.2, 0.25) is 0 Å². The molecule has 0 saturated carbocycles.